The zero-order valence-electron chi connectivity index (χ0n) is 10.3. The molecule has 0 bridgehead atoms. The van der Waals surface area contributed by atoms with Gasteiger partial charge in [-0.05, 0) is 37.3 Å². The summed E-state index contributed by atoms with van der Waals surface area (Å²) in [7, 11) is 1.90. The Hall–Kier alpha value is -0.830. The minimum atomic E-state index is 0.140. The van der Waals surface area contributed by atoms with Crippen molar-refractivity contribution in [2.24, 2.45) is 5.92 Å². The minimum Gasteiger partial charge on any atom is -0.341 e. The number of halogens is 1. The summed E-state index contributed by atoms with van der Waals surface area (Å²) in [6.45, 7) is 2.86. The van der Waals surface area contributed by atoms with Crippen LogP contribution in [0.4, 0.5) is 0 Å². The van der Waals surface area contributed by atoms with Crippen molar-refractivity contribution in [2.45, 2.75) is 24.6 Å². The zero-order valence-corrected chi connectivity index (χ0v) is 11.9. The molecule has 92 valence electrons. The quantitative estimate of drug-likeness (QED) is 0.784. The molecular weight excluding hydrogens is 278 g/mol. The first kappa shape index (κ1) is 12.6. The van der Waals surface area contributed by atoms with Gasteiger partial charge in [-0.2, -0.15) is 0 Å². The topological polar surface area (TPSA) is 20.3 Å². The molecule has 1 saturated carbocycles. The molecule has 0 heterocycles. The normalized spacial score (nSPS) is 23.0. The lowest BCUT2D eigenvalue weighted by Gasteiger charge is -2.34. The van der Waals surface area contributed by atoms with Crippen molar-refractivity contribution in [2.75, 3.05) is 13.6 Å². The molecule has 2 nitrogen and oxygen atoms in total. The Balaban J connectivity index is 1.97. The molecule has 0 atom stereocenters. The van der Waals surface area contributed by atoms with E-state index in [-0.39, 0.29) is 5.91 Å². The van der Waals surface area contributed by atoms with Crippen LogP contribution in [0.1, 0.15) is 28.8 Å². The maximum absolute atomic E-state index is 12.2. The number of carbonyl (C=O) groups excluding carboxylic acids is 1. The van der Waals surface area contributed by atoms with Crippen LogP contribution in [0, 0.1) is 12.8 Å². The highest BCUT2D eigenvalue weighted by molar-refractivity contribution is 9.09. The Kier molecular flexibility index (Phi) is 3.87. The number of benzene rings is 1. The molecule has 0 unspecified atom stereocenters. The summed E-state index contributed by atoms with van der Waals surface area (Å²) in [5, 5.41) is 0. The van der Waals surface area contributed by atoms with Crippen LogP contribution in [-0.4, -0.2) is 29.2 Å². The third kappa shape index (κ3) is 2.89. The van der Waals surface area contributed by atoms with Gasteiger partial charge in [0, 0.05) is 24.0 Å². The lowest BCUT2D eigenvalue weighted by atomic mass is 9.85. The van der Waals surface area contributed by atoms with Gasteiger partial charge < -0.3 is 4.90 Å². The van der Waals surface area contributed by atoms with E-state index in [4.69, 9.17) is 0 Å². The zero-order chi connectivity index (χ0) is 12.4. The van der Waals surface area contributed by atoms with Gasteiger partial charge in [0.25, 0.3) is 5.91 Å². The Morgan fingerprint density at radius 3 is 2.65 bits per heavy atom. The summed E-state index contributed by atoms with van der Waals surface area (Å²) >= 11 is 3.58. The Labute approximate surface area is 111 Å². The fraction of sp³-hybridized carbons (Fsp3) is 0.500. The first-order valence-electron chi connectivity index (χ1n) is 6.03. The maximum atomic E-state index is 12.2. The molecule has 1 aromatic carbocycles. The maximum Gasteiger partial charge on any atom is 0.253 e. The number of hydrogen-bond acceptors (Lipinski definition) is 1. The van der Waals surface area contributed by atoms with Gasteiger partial charge in [0.1, 0.15) is 0 Å². The number of amides is 1. The number of rotatable bonds is 3. The molecule has 0 spiro atoms. The molecule has 0 radical (unpaired) electrons. The Morgan fingerprint density at radius 1 is 1.41 bits per heavy atom. The first-order valence-corrected chi connectivity index (χ1v) is 6.94. The van der Waals surface area contributed by atoms with Gasteiger partial charge in [-0.3, -0.25) is 4.79 Å². The smallest absolute Gasteiger partial charge is 0.253 e. The number of carbonyl (C=O) groups is 1. The lowest BCUT2D eigenvalue weighted by molar-refractivity contribution is 0.0748. The van der Waals surface area contributed by atoms with Crippen LogP contribution in [0.2, 0.25) is 0 Å². The molecule has 1 aliphatic carbocycles. The van der Waals surface area contributed by atoms with Gasteiger partial charge in [-0.15, -0.1) is 0 Å². The average molecular weight is 296 g/mol. The van der Waals surface area contributed by atoms with Crippen LogP contribution in [-0.2, 0) is 0 Å². The van der Waals surface area contributed by atoms with E-state index in [1.54, 1.807) is 0 Å². The lowest BCUT2D eigenvalue weighted by Crippen LogP contribution is -2.38. The van der Waals surface area contributed by atoms with Gasteiger partial charge in [0.15, 0.2) is 0 Å². The van der Waals surface area contributed by atoms with Crippen molar-refractivity contribution in [3.8, 4) is 0 Å². The second-order valence-electron chi connectivity index (χ2n) is 4.94. The molecular formula is C14H18BrNO. The highest BCUT2D eigenvalue weighted by Gasteiger charge is 2.29. The third-order valence-corrected chi connectivity index (χ3v) is 4.18. The van der Waals surface area contributed by atoms with Crippen molar-refractivity contribution >= 4 is 21.8 Å². The molecule has 0 N–H and O–H groups in total. The van der Waals surface area contributed by atoms with Crippen LogP contribution in [0.5, 0.6) is 0 Å². The molecule has 0 aliphatic heterocycles. The van der Waals surface area contributed by atoms with Crippen molar-refractivity contribution in [1.82, 2.24) is 4.90 Å². The van der Waals surface area contributed by atoms with Gasteiger partial charge in [0.2, 0.25) is 0 Å². The highest BCUT2D eigenvalue weighted by Crippen LogP contribution is 2.33. The molecule has 1 fully saturated rings. The SMILES string of the molecule is Cc1ccccc1C(=O)N(C)CC1CC(Br)C1. The summed E-state index contributed by atoms with van der Waals surface area (Å²) in [4.78, 5) is 14.8. The van der Waals surface area contributed by atoms with Crippen LogP contribution in [0.3, 0.4) is 0 Å². The van der Waals surface area contributed by atoms with Crippen LogP contribution in [0.25, 0.3) is 0 Å². The minimum absolute atomic E-state index is 0.140. The second-order valence-corrected chi connectivity index (χ2v) is 6.23. The van der Waals surface area contributed by atoms with E-state index in [2.05, 4.69) is 15.9 Å². The first-order chi connectivity index (χ1) is 8.08. The van der Waals surface area contributed by atoms with Gasteiger partial charge in [-0.1, -0.05) is 34.1 Å². The van der Waals surface area contributed by atoms with Gasteiger partial charge in [-0.25, -0.2) is 0 Å². The molecule has 17 heavy (non-hydrogen) atoms. The van der Waals surface area contributed by atoms with E-state index < -0.39 is 0 Å². The van der Waals surface area contributed by atoms with E-state index >= 15 is 0 Å². The summed E-state index contributed by atoms with van der Waals surface area (Å²) < 4.78 is 0. The largest absolute Gasteiger partial charge is 0.341 e. The molecule has 0 aromatic heterocycles. The number of nitrogens with zero attached hydrogens (tertiary/aromatic N) is 1. The standard InChI is InChI=1S/C14H18BrNO/c1-10-5-3-4-6-13(10)14(17)16(2)9-11-7-12(15)8-11/h3-6,11-12H,7-9H2,1-2H3. The van der Waals surface area contributed by atoms with Gasteiger partial charge in [0.05, 0.1) is 0 Å². The van der Waals surface area contributed by atoms with Crippen LogP contribution >= 0.6 is 15.9 Å². The van der Waals surface area contributed by atoms with Gasteiger partial charge >= 0.3 is 0 Å². The Morgan fingerprint density at radius 2 is 2.06 bits per heavy atom. The summed E-state index contributed by atoms with van der Waals surface area (Å²) in [5.74, 6) is 0.804. The number of aryl methyl sites for hydroxylation is 1. The predicted octanol–water partition coefficient (Wildman–Crippen LogP) is 3.24. The highest BCUT2D eigenvalue weighted by atomic mass is 79.9. The molecule has 3 heteroatoms. The number of hydrogen-bond donors (Lipinski definition) is 0. The monoisotopic (exact) mass is 295 g/mol. The summed E-state index contributed by atoms with van der Waals surface area (Å²) in [6, 6.07) is 7.78. The van der Waals surface area contributed by atoms with E-state index in [1.807, 2.05) is 43.1 Å². The molecule has 1 amide bonds. The fourth-order valence-corrected chi connectivity index (χ4v) is 3.35. The molecule has 2 rings (SSSR count). The van der Waals surface area contributed by atoms with Crippen molar-refractivity contribution in [1.29, 1.82) is 0 Å². The predicted molar refractivity (Wildman–Crippen MR) is 73.6 cm³/mol. The van der Waals surface area contributed by atoms with E-state index in [0.717, 1.165) is 17.7 Å². The molecule has 1 aromatic rings. The van der Waals surface area contributed by atoms with Crippen molar-refractivity contribution < 1.29 is 4.79 Å². The summed E-state index contributed by atoms with van der Waals surface area (Å²) in [5.41, 5.74) is 1.88. The summed E-state index contributed by atoms with van der Waals surface area (Å²) in [6.07, 6.45) is 2.37. The fourth-order valence-electron chi connectivity index (χ4n) is 2.29. The van der Waals surface area contributed by atoms with Crippen molar-refractivity contribution in [3.05, 3.63) is 35.4 Å². The molecule has 0 saturated heterocycles. The Bertz CT molecular complexity index is 412. The van der Waals surface area contributed by atoms with Crippen molar-refractivity contribution in [3.63, 3.8) is 0 Å². The second kappa shape index (κ2) is 5.21. The van der Waals surface area contributed by atoms with E-state index in [0.29, 0.717) is 10.7 Å². The van der Waals surface area contributed by atoms with Crippen LogP contribution in [0.15, 0.2) is 24.3 Å². The molecule has 1 aliphatic rings. The van der Waals surface area contributed by atoms with E-state index in [9.17, 15) is 4.79 Å². The van der Waals surface area contributed by atoms with Crippen LogP contribution < -0.4 is 0 Å². The average Bonchev–Trinajstić information content (AvgIpc) is 2.26. The third-order valence-electron chi connectivity index (χ3n) is 3.43. The van der Waals surface area contributed by atoms with E-state index in [1.165, 1.54) is 12.8 Å². The number of alkyl halides is 1.